The van der Waals surface area contributed by atoms with E-state index in [9.17, 15) is 9.90 Å². The molecule has 0 aliphatic heterocycles. The first kappa shape index (κ1) is 9.58. The van der Waals surface area contributed by atoms with Crippen molar-refractivity contribution in [1.29, 1.82) is 0 Å². The lowest BCUT2D eigenvalue weighted by molar-refractivity contribution is 0.413. The van der Waals surface area contributed by atoms with Crippen LogP contribution in [0.1, 0.15) is 5.56 Å². The molecular formula is C11H10O4. The normalized spacial score (nSPS) is 10.5. The van der Waals surface area contributed by atoms with E-state index in [4.69, 9.17) is 9.15 Å². The largest absolute Gasteiger partial charge is 0.507 e. The van der Waals surface area contributed by atoms with Crippen LogP contribution < -0.4 is 10.4 Å². The van der Waals surface area contributed by atoms with Gasteiger partial charge in [0.05, 0.1) is 18.1 Å². The van der Waals surface area contributed by atoms with E-state index in [1.807, 2.05) is 0 Å². The Morgan fingerprint density at radius 3 is 2.80 bits per heavy atom. The lowest BCUT2D eigenvalue weighted by Crippen LogP contribution is -2.02. The Bertz CT molecular complexity index is 569. The van der Waals surface area contributed by atoms with Crippen LogP contribution in [0.2, 0.25) is 0 Å². The van der Waals surface area contributed by atoms with Crippen molar-refractivity contribution in [3.8, 4) is 11.5 Å². The fraction of sp³-hybridized carbons (Fsp3) is 0.182. The molecule has 0 saturated carbocycles. The van der Waals surface area contributed by atoms with Gasteiger partial charge in [-0.1, -0.05) is 0 Å². The standard InChI is InChI=1S/C11H10O4/c1-6-10(12)8-4-3-7(14-2)5-9(8)15-11(6)13/h3-5,12H,1-2H3. The maximum Gasteiger partial charge on any atom is 0.342 e. The van der Waals surface area contributed by atoms with E-state index in [1.165, 1.54) is 14.0 Å². The van der Waals surface area contributed by atoms with Crippen molar-refractivity contribution in [3.05, 3.63) is 34.2 Å². The molecule has 4 heteroatoms. The summed E-state index contributed by atoms with van der Waals surface area (Å²) in [5, 5.41) is 10.2. The monoisotopic (exact) mass is 206 g/mol. The van der Waals surface area contributed by atoms with Gasteiger partial charge in [-0.05, 0) is 19.1 Å². The van der Waals surface area contributed by atoms with Crippen molar-refractivity contribution in [2.24, 2.45) is 0 Å². The third-order valence-corrected chi connectivity index (χ3v) is 2.31. The molecule has 0 radical (unpaired) electrons. The number of fused-ring (bicyclic) bond motifs is 1. The van der Waals surface area contributed by atoms with Crippen LogP contribution in [0.25, 0.3) is 11.0 Å². The summed E-state index contributed by atoms with van der Waals surface area (Å²) in [6, 6.07) is 4.91. The highest BCUT2D eigenvalue weighted by Gasteiger charge is 2.10. The molecule has 0 unspecified atom stereocenters. The number of hydrogen-bond acceptors (Lipinski definition) is 4. The smallest absolute Gasteiger partial charge is 0.342 e. The van der Waals surface area contributed by atoms with Gasteiger partial charge in [-0.2, -0.15) is 0 Å². The topological polar surface area (TPSA) is 59.7 Å². The molecule has 0 aliphatic rings. The van der Waals surface area contributed by atoms with E-state index < -0.39 is 5.63 Å². The molecule has 4 nitrogen and oxygen atoms in total. The molecule has 0 spiro atoms. The van der Waals surface area contributed by atoms with Gasteiger partial charge in [0.2, 0.25) is 0 Å². The quantitative estimate of drug-likeness (QED) is 0.723. The van der Waals surface area contributed by atoms with E-state index in [1.54, 1.807) is 18.2 Å². The molecule has 0 atom stereocenters. The zero-order valence-corrected chi connectivity index (χ0v) is 8.40. The highest BCUT2D eigenvalue weighted by Crippen LogP contribution is 2.28. The fourth-order valence-corrected chi connectivity index (χ4v) is 1.38. The summed E-state index contributed by atoms with van der Waals surface area (Å²) in [6.45, 7) is 1.52. The van der Waals surface area contributed by atoms with Crippen LogP contribution in [-0.4, -0.2) is 12.2 Å². The number of benzene rings is 1. The number of rotatable bonds is 1. The molecule has 2 rings (SSSR count). The van der Waals surface area contributed by atoms with E-state index >= 15 is 0 Å². The average molecular weight is 206 g/mol. The zero-order valence-electron chi connectivity index (χ0n) is 8.40. The maximum absolute atomic E-state index is 11.3. The van der Waals surface area contributed by atoms with E-state index in [2.05, 4.69) is 0 Å². The Labute approximate surface area is 85.7 Å². The predicted octanol–water partition coefficient (Wildman–Crippen LogP) is 1.82. The summed E-state index contributed by atoms with van der Waals surface area (Å²) in [5.74, 6) is 0.540. The third-order valence-electron chi connectivity index (χ3n) is 2.31. The van der Waals surface area contributed by atoms with Gasteiger partial charge in [-0.15, -0.1) is 0 Å². The van der Waals surface area contributed by atoms with Gasteiger partial charge in [-0.25, -0.2) is 4.79 Å². The molecule has 0 aliphatic carbocycles. The molecule has 1 heterocycles. The van der Waals surface area contributed by atoms with Crippen LogP contribution in [0.5, 0.6) is 11.5 Å². The first-order chi connectivity index (χ1) is 7.13. The van der Waals surface area contributed by atoms with Gasteiger partial charge in [0.15, 0.2) is 0 Å². The minimum absolute atomic E-state index is 0.0381. The van der Waals surface area contributed by atoms with Gasteiger partial charge < -0.3 is 14.3 Å². The summed E-state index contributed by atoms with van der Waals surface area (Å²) in [5.41, 5.74) is 0.00312. The molecule has 0 bridgehead atoms. The molecule has 1 aromatic heterocycles. The number of methoxy groups -OCH3 is 1. The molecule has 1 N–H and O–H groups in total. The van der Waals surface area contributed by atoms with Crippen molar-refractivity contribution in [2.75, 3.05) is 7.11 Å². The molecule has 0 saturated heterocycles. The van der Waals surface area contributed by atoms with E-state index in [0.717, 1.165) is 0 Å². The molecule has 0 amide bonds. The Balaban J connectivity index is 2.86. The summed E-state index contributed by atoms with van der Waals surface area (Å²) in [4.78, 5) is 11.3. The second kappa shape index (κ2) is 3.31. The Kier molecular flexibility index (Phi) is 2.11. The van der Waals surface area contributed by atoms with Crippen molar-refractivity contribution in [3.63, 3.8) is 0 Å². The van der Waals surface area contributed by atoms with Crippen molar-refractivity contribution in [1.82, 2.24) is 0 Å². The summed E-state index contributed by atoms with van der Waals surface area (Å²) >= 11 is 0. The zero-order chi connectivity index (χ0) is 11.0. The average Bonchev–Trinajstić information content (AvgIpc) is 2.25. The first-order valence-corrected chi connectivity index (χ1v) is 4.44. The molecule has 0 fully saturated rings. The minimum Gasteiger partial charge on any atom is -0.507 e. The minimum atomic E-state index is -0.534. The van der Waals surface area contributed by atoms with Crippen LogP contribution >= 0.6 is 0 Å². The van der Waals surface area contributed by atoms with Crippen LogP contribution in [-0.2, 0) is 0 Å². The predicted molar refractivity (Wildman–Crippen MR) is 55.4 cm³/mol. The van der Waals surface area contributed by atoms with Crippen molar-refractivity contribution >= 4 is 11.0 Å². The summed E-state index contributed by atoms with van der Waals surface area (Å²) < 4.78 is 10.0. The Morgan fingerprint density at radius 1 is 1.40 bits per heavy atom. The number of aromatic hydroxyl groups is 1. The lowest BCUT2D eigenvalue weighted by atomic mass is 10.1. The second-order valence-corrected chi connectivity index (χ2v) is 3.23. The van der Waals surface area contributed by atoms with Crippen LogP contribution in [0, 0.1) is 6.92 Å². The second-order valence-electron chi connectivity index (χ2n) is 3.23. The molecule has 78 valence electrons. The highest BCUT2D eigenvalue weighted by atomic mass is 16.5. The highest BCUT2D eigenvalue weighted by molar-refractivity contribution is 5.85. The molecule has 15 heavy (non-hydrogen) atoms. The molecule has 1 aromatic carbocycles. The number of hydrogen-bond donors (Lipinski definition) is 1. The Hall–Kier alpha value is -1.97. The Morgan fingerprint density at radius 2 is 2.13 bits per heavy atom. The molecular weight excluding hydrogens is 196 g/mol. The van der Waals surface area contributed by atoms with Crippen LogP contribution in [0.3, 0.4) is 0 Å². The van der Waals surface area contributed by atoms with Gasteiger partial charge in [-0.3, -0.25) is 0 Å². The molecule has 2 aromatic rings. The van der Waals surface area contributed by atoms with Gasteiger partial charge in [0, 0.05) is 6.07 Å². The van der Waals surface area contributed by atoms with Gasteiger partial charge in [0.1, 0.15) is 17.1 Å². The van der Waals surface area contributed by atoms with Gasteiger partial charge in [0.25, 0.3) is 0 Å². The SMILES string of the molecule is COc1ccc2c(O)c(C)c(=O)oc2c1. The van der Waals surface area contributed by atoms with Crippen molar-refractivity contribution in [2.45, 2.75) is 6.92 Å². The van der Waals surface area contributed by atoms with Crippen LogP contribution in [0.15, 0.2) is 27.4 Å². The lowest BCUT2D eigenvalue weighted by Gasteiger charge is -2.04. The number of ether oxygens (including phenoxy) is 1. The fourth-order valence-electron chi connectivity index (χ4n) is 1.38. The summed E-state index contributed by atoms with van der Waals surface area (Å²) in [7, 11) is 1.52. The van der Waals surface area contributed by atoms with Gasteiger partial charge >= 0.3 is 5.63 Å². The van der Waals surface area contributed by atoms with E-state index in [0.29, 0.717) is 16.7 Å². The first-order valence-electron chi connectivity index (χ1n) is 4.44. The van der Waals surface area contributed by atoms with Crippen LogP contribution in [0.4, 0.5) is 0 Å². The third kappa shape index (κ3) is 1.44. The van der Waals surface area contributed by atoms with E-state index in [-0.39, 0.29) is 11.3 Å². The van der Waals surface area contributed by atoms with Crippen molar-refractivity contribution < 1.29 is 14.3 Å². The maximum atomic E-state index is 11.3. The summed E-state index contributed by atoms with van der Waals surface area (Å²) in [6.07, 6.45) is 0.